The third-order valence-corrected chi connectivity index (χ3v) is 5.38. The lowest BCUT2D eigenvalue weighted by Crippen LogP contribution is -2.61. The zero-order valence-corrected chi connectivity index (χ0v) is 12.8. The van der Waals surface area contributed by atoms with Crippen molar-refractivity contribution in [1.82, 2.24) is 14.7 Å². The summed E-state index contributed by atoms with van der Waals surface area (Å²) in [5.41, 5.74) is 0. The van der Waals surface area contributed by atoms with Crippen molar-refractivity contribution in [3.05, 3.63) is 0 Å². The summed E-state index contributed by atoms with van der Waals surface area (Å²) in [6.45, 7) is 6.26. The number of hydrogen-bond acceptors (Lipinski definition) is 3. The molecule has 0 saturated carbocycles. The van der Waals surface area contributed by atoms with Gasteiger partial charge in [-0.1, -0.05) is 0 Å². The maximum Gasteiger partial charge on any atom is 0.389 e. The third kappa shape index (κ3) is 3.74. The van der Waals surface area contributed by atoms with Gasteiger partial charge in [0, 0.05) is 45.2 Å². The van der Waals surface area contributed by atoms with Gasteiger partial charge in [0.25, 0.3) is 0 Å². The van der Waals surface area contributed by atoms with E-state index in [-0.39, 0.29) is 5.91 Å². The molecule has 0 aliphatic carbocycles. The van der Waals surface area contributed by atoms with Gasteiger partial charge in [-0.05, 0) is 31.8 Å². The molecule has 0 N–H and O–H groups in total. The summed E-state index contributed by atoms with van der Waals surface area (Å²) >= 11 is 0. The van der Waals surface area contributed by atoms with Crippen LogP contribution in [0.4, 0.5) is 13.2 Å². The van der Waals surface area contributed by atoms with Crippen LogP contribution in [0.2, 0.25) is 0 Å². The molecule has 7 heteroatoms. The number of piperazine rings is 1. The van der Waals surface area contributed by atoms with Gasteiger partial charge in [-0.2, -0.15) is 13.2 Å². The quantitative estimate of drug-likeness (QED) is 0.790. The molecule has 4 nitrogen and oxygen atoms in total. The molecule has 0 spiro atoms. The van der Waals surface area contributed by atoms with Crippen LogP contribution in [-0.2, 0) is 4.79 Å². The smallest absolute Gasteiger partial charge is 0.340 e. The van der Waals surface area contributed by atoms with Crippen molar-refractivity contribution < 1.29 is 18.0 Å². The average Bonchev–Trinajstić information content (AvgIpc) is 2.53. The first-order chi connectivity index (χ1) is 10.4. The zero-order chi connectivity index (χ0) is 15.7. The van der Waals surface area contributed by atoms with Crippen molar-refractivity contribution in [2.24, 2.45) is 5.92 Å². The Morgan fingerprint density at radius 2 is 1.64 bits per heavy atom. The third-order valence-electron chi connectivity index (χ3n) is 5.38. The summed E-state index contributed by atoms with van der Waals surface area (Å²) in [7, 11) is 0. The molecule has 2 bridgehead atoms. The molecule has 4 aliphatic heterocycles. The van der Waals surface area contributed by atoms with Crippen LogP contribution in [-0.4, -0.2) is 78.6 Å². The van der Waals surface area contributed by atoms with E-state index >= 15 is 0 Å². The van der Waals surface area contributed by atoms with Gasteiger partial charge in [-0.25, -0.2) is 0 Å². The van der Waals surface area contributed by atoms with Gasteiger partial charge in [-0.3, -0.25) is 9.69 Å². The van der Waals surface area contributed by atoms with Gasteiger partial charge in [0.2, 0.25) is 5.91 Å². The standard InChI is InChI=1S/C15H24F3N3O/c16-15(17,18)4-1-14(22)21-9-7-20(8-10-21)13-11-19-5-2-12(13)3-6-19/h12-13H,1-11H2/t13-/m1/s1. The lowest BCUT2D eigenvalue weighted by molar-refractivity contribution is -0.150. The van der Waals surface area contributed by atoms with Gasteiger partial charge >= 0.3 is 6.18 Å². The molecule has 4 aliphatic rings. The Morgan fingerprint density at radius 1 is 1.00 bits per heavy atom. The second-order valence-corrected chi connectivity index (χ2v) is 6.74. The molecule has 1 amide bonds. The molecule has 4 rings (SSSR count). The molecule has 1 atom stereocenters. The monoisotopic (exact) mass is 319 g/mol. The molecule has 4 fully saturated rings. The van der Waals surface area contributed by atoms with E-state index in [0.717, 1.165) is 25.6 Å². The predicted molar refractivity (Wildman–Crippen MR) is 76.4 cm³/mol. The van der Waals surface area contributed by atoms with Crippen LogP contribution in [0.15, 0.2) is 0 Å². The van der Waals surface area contributed by atoms with Crippen LogP contribution in [0.5, 0.6) is 0 Å². The number of carbonyl (C=O) groups is 1. The topological polar surface area (TPSA) is 26.8 Å². The Labute approximate surface area is 129 Å². The van der Waals surface area contributed by atoms with Crippen LogP contribution in [0.25, 0.3) is 0 Å². The minimum Gasteiger partial charge on any atom is -0.340 e. The molecule has 0 aromatic heterocycles. The lowest BCUT2D eigenvalue weighted by Gasteiger charge is -2.51. The number of hydrogen-bond donors (Lipinski definition) is 0. The second-order valence-electron chi connectivity index (χ2n) is 6.74. The Morgan fingerprint density at radius 3 is 2.14 bits per heavy atom. The number of amides is 1. The van der Waals surface area contributed by atoms with Gasteiger partial charge in [0.1, 0.15) is 0 Å². The van der Waals surface area contributed by atoms with Crippen molar-refractivity contribution in [3.63, 3.8) is 0 Å². The number of carbonyl (C=O) groups excluding carboxylic acids is 1. The highest BCUT2D eigenvalue weighted by Gasteiger charge is 2.38. The fourth-order valence-electron chi connectivity index (χ4n) is 4.06. The Hall–Kier alpha value is -0.820. The first kappa shape index (κ1) is 16.1. The highest BCUT2D eigenvalue weighted by Crippen LogP contribution is 2.31. The molecule has 0 unspecified atom stereocenters. The van der Waals surface area contributed by atoms with Gasteiger partial charge in [-0.15, -0.1) is 0 Å². The highest BCUT2D eigenvalue weighted by molar-refractivity contribution is 5.76. The summed E-state index contributed by atoms with van der Waals surface area (Å²) in [5.74, 6) is 0.406. The number of piperidine rings is 3. The summed E-state index contributed by atoms with van der Waals surface area (Å²) < 4.78 is 36.6. The summed E-state index contributed by atoms with van der Waals surface area (Å²) in [6.07, 6.45) is -3.15. The van der Waals surface area contributed by atoms with E-state index in [1.807, 2.05) is 0 Å². The van der Waals surface area contributed by atoms with Crippen molar-refractivity contribution in [1.29, 1.82) is 0 Å². The zero-order valence-electron chi connectivity index (χ0n) is 12.8. The Kier molecular flexibility index (Phi) is 4.64. The first-order valence-corrected chi connectivity index (χ1v) is 8.23. The fourth-order valence-corrected chi connectivity index (χ4v) is 4.06. The molecule has 4 heterocycles. The van der Waals surface area contributed by atoms with Crippen molar-refractivity contribution in [3.8, 4) is 0 Å². The minimum atomic E-state index is -4.24. The van der Waals surface area contributed by atoms with Crippen LogP contribution in [0.1, 0.15) is 25.7 Å². The number of nitrogens with zero attached hydrogens (tertiary/aromatic N) is 3. The number of fused-ring (bicyclic) bond motifs is 3. The SMILES string of the molecule is O=C(CCC(F)(F)F)N1CCN([C@@H]2CN3CCC2CC3)CC1. The van der Waals surface area contributed by atoms with E-state index < -0.39 is 19.0 Å². The molecule has 22 heavy (non-hydrogen) atoms. The molecular weight excluding hydrogens is 295 g/mol. The molecule has 4 saturated heterocycles. The van der Waals surface area contributed by atoms with Crippen LogP contribution < -0.4 is 0 Å². The molecule has 0 radical (unpaired) electrons. The summed E-state index contributed by atoms with van der Waals surface area (Å²) in [5, 5.41) is 0. The van der Waals surface area contributed by atoms with Gasteiger partial charge in [0.15, 0.2) is 0 Å². The Bertz CT molecular complexity index is 399. The lowest BCUT2D eigenvalue weighted by atomic mass is 9.83. The van der Waals surface area contributed by atoms with E-state index in [9.17, 15) is 18.0 Å². The minimum absolute atomic E-state index is 0.356. The van der Waals surface area contributed by atoms with Crippen molar-refractivity contribution in [2.45, 2.75) is 37.9 Å². The predicted octanol–water partition coefficient (Wildman–Crippen LogP) is 1.57. The van der Waals surface area contributed by atoms with E-state index in [2.05, 4.69) is 9.80 Å². The maximum absolute atomic E-state index is 12.2. The summed E-state index contributed by atoms with van der Waals surface area (Å²) in [6, 6.07) is 0.579. The fraction of sp³-hybridized carbons (Fsp3) is 0.933. The van der Waals surface area contributed by atoms with Gasteiger partial charge in [0.05, 0.1) is 6.42 Å². The number of halogens is 3. The van der Waals surface area contributed by atoms with E-state index in [4.69, 9.17) is 0 Å². The largest absolute Gasteiger partial charge is 0.389 e. The number of rotatable bonds is 3. The molecular formula is C15H24F3N3O. The van der Waals surface area contributed by atoms with Crippen molar-refractivity contribution in [2.75, 3.05) is 45.8 Å². The second kappa shape index (κ2) is 6.35. The first-order valence-electron chi connectivity index (χ1n) is 8.23. The van der Waals surface area contributed by atoms with E-state index in [0.29, 0.717) is 19.1 Å². The van der Waals surface area contributed by atoms with E-state index in [1.54, 1.807) is 4.90 Å². The van der Waals surface area contributed by atoms with Crippen LogP contribution in [0, 0.1) is 5.92 Å². The van der Waals surface area contributed by atoms with Crippen LogP contribution in [0.3, 0.4) is 0 Å². The molecule has 0 aromatic carbocycles. The highest BCUT2D eigenvalue weighted by atomic mass is 19.4. The average molecular weight is 319 g/mol. The normalized spacial score (nSPS) is 33.2. The van der Waals surface area contributed by atoms with Gasteiger partial charge < -0.3 is 9.80 Å². The number of alkyl halides is 3. The Balaban J connectivity index is 1.45. The molecule has 126 valence electrons. The van der Waals surface area contributed by atoms with Crippen LogP contribution >= 0.6 is 0 Å². The summed E-state index contributed by atoms with van der Waals surface area (Å²) in [4.78, 5) is 18.4. The van der Waals surface area contributed by atoms with E-state index in [1.165, 1.54) is 25.9 Å². The molecule has 0 aromatic rings. The maximum atomic E-state index is 12.2. The van der Waals surface area contributed by atoms with Crippen molar-refractivity contribution >= 4 is 5.91 Å².